The zero-order valence-corrected chi connectivity index (χ0v) is 13.0. The van der Waals surface area contributed by atoms with E-state index in [1.807, 2.05) is 24.3 Å². The number of hydrogen-bond acceptors (Lipinski definition) is 3. The van der Waals surface area contributed by atoms with Gasteiger partial charge in [0.25, 0.3) is 0 Å². The first-order valence-corrected chi connectivity index (χ1v) is 7.88. The molecule has 2 unspecified atom stereocenters. The van der Waals surface area contributed by atoms with E-state index in [0.717, 1.165) is 30.6 Å². The molecule has 2 atom stereocenters. The monoisotopic (exact) mass is 297 g/mol. The summed E-state index contributed by atoms with van der Waals surface area (Å²) in [6, 6.07) is 16.8. The van der Waals surface area contributed by atoms with Gasteiger partial charge in [-0.25, -0.2) is 0 Å². The molecule has 0 aromatic heterocycles. The Labute approximate surface area is 131 Å². The number of benzene rings is 2. The van der Waals surface area contributed by atoms with Crippen LogP contribution in [-0.4, -0.2) is 24.9 Å². The number of aliphatic hydroxyl groups excluding tert-OH is 1. The Morgan fingerprint density at radius 3 is 2.73 bits per heavy atom. The maximum Gasteiger partial charge on any atom is 0.122 e. The van der Waals surface area contributed by atoms with E-state index in [1.165, 1.54) is 11.1 Å². The van der Waals surface area contributed by atoms with Gasteiger partial charge in [-0.2, -0.15) is 0 Å². The van der Waals surface area contributed by atoms with Gasteiger partial charge in [0.05, 0.1) is 19.8 Å². The van der Waals surface area contributed by atoms with Crippen LogP contribution in [0, 0.1) is 0 Å². The van der Waals surface area contributed by atoms with Gasteiger partial charge in [-0.05, 0) is 42.0 Å². The third-order valence-electron chi connectivity index (χ3n) is 4.48. The van der Waals surface area contributed by atoms with Gasteiger partial charge in [-0.15, -0.1) is 0 Å². The lowest BCUT2D eigenvalue weighted by Crippen LogP contribution is -2.38. The molecule has 3 heteroatoms. The van der Waals surface area contributed by atoms with Crippen LogP contribution >= 0.6 is 0 Å². The number of rotatable bonds is 5. The van der Waals surface area contributed by atoms with Crippen LogP contribution in [0.4, 0.5) is 0 Å². The summed E-state index contributed by atoms with van der Waals surface area (Å²) in [5, 5.41) is 13.3. The maximum atomic E-state index is 9.71. The van der Waals surface area contributed by atoms with Gasteiger partial charge in [0.2, 0.25) is 0 Å². The van der Waals surface area contributed by atoms with Crippen molar-refractivity contribution < 1.29 is 9.84 Å². The van der Waals surface area contributed by atoms with Crippen LogP contribution < -0.4 is 10.1 Å². The Balaban J connectivity index is 1.72. The predicted molar refractivity (Wildman–Crippen MR) is 88.2 cm³/mol. The molecule has 0 saturated carbocycles. The molecule has 22 heavy (non-hydrogen) atoms. The van der Waals surface area contributed by atoms with Gasteiger partial charge in [0, 0.05) is 6.04 Å². The minimum Gasteiger partial charge on any atom is -0.496 e. The minimum atomic E-state index is -0.00152. The summed E-state index contributed by atoms with van der Waals surface area (Å²) < 4.78 is 5.46. The Morgan fingerprint density at radius 2 is 2.00 bits per heavy atom. The van der Waals surface area contributed by atoms with Crippen LogP contribution in [0.1, 0.15) is 29.2 Å². The smallest absolute Gasteiger partial charge is 0.122 e. The van der Waals surface area contributed by atoms with Crippen molar-refractivity contribution in [1.29, 1.82) is 0 Å². The highest BCUT2D eigenvalue weighted by Gasteiger charge is 2.23. The highest BCUT2D eigenvalue weighted by Crippen LogP contribution is 2.30. The number of fused-ring (bicyclic) bond motifs is 1. The van der Waals surface area contributed by atoms with E-state index in [1.54, 1.807) is 7.11 Å². The molecule has 3 nitrogen and oxygen atoms in total. The molecule has 0 saturated heterocycles. The molecule has 0 heterocycles. The summed E-state index contributed by atoms with van der Waals surface area (Å²) >= 11 is 0. The Morgan fingerprint density at radius 1 is 1.18 bits per heavy atom. The molecule has 0 amide bonds. The summed E-state index contributed by atoms with van der Waals surface area (Å²) in [5.41, 5.74) is 3.83. The molecule has 2 aromatic carbocycles. The Hall–Kier alpha value is -1.84. The zero-order chi connectivity index (χ0) is 15.4. The molecule has 0 spiro atoms. The van der Waals surface area contributed by atoms with E-state index < -0.39 is 0 Å². The molecule has 0 radical (unpaired) electrons. The lowest BCUT2D eigenvalue weighted by atomic mass is 9.87. The highest BCUT2D eigenvalue weighted by molar-refractivity contribution is 5.42. The quantitative estimate of drug-likeness (QED) is 0.891. The molecule has 116 valence electrons. The molecular formula is C19H23NO2. The van der Waals surface area contributed by atoms with Crippen molar-refractivity contribution in [2.24, 2.45) is 0 Å². The molecule has 0 aliphatic heterocycles. The second-order valence-corrected chi connectivity index (χ2v) is 5.85. The first-order valence-electron chi connectivity index (χ1n) is 7.88. The first kappa shape index (κ1) is 15.1. The fourth-order valence-corrected chi connectivity index (χ4v) is 3.33. The summed E-state index contributed by atoms with van der Waals surface area (Å²) in [7, 11) is 1.73. The van der Waals surface area contributed by atoms with E-state index >= 15 is 0 Å². The number of aliphatic hydroxyl groups is 1. The Kier molecular flexibility index (Phi) is 4.76. The van der Waals surface area contributed by atoms with Gasteiger partial charge in [0.1, 0.15) is 5.75 Å². The van der Waals surface area contributed by atoms with E-state index in [2.05, 4.69) is 29.6 Å². The molecule has 0 bridgehead atoms. The summed E-state index contributed by atoms with van der Waals surface area (Å²) in [5.74, 6) is 0.998. The number of methoxy groups -OCH3 is 1. The van der Waals surface area contributed by atoms with Crippen molar-refractivity contribution in [2.75, 3.05) is 13.7 Å². The normalized spacial score (nSPS) is 18.5. The second kappa shape index (κ2) is 6.95. The topological polar surface area (TPSA) is 41.5 Å². The Bertz CT molecular complexity index is 612. The average molecular weight is 297 g/mol. The summed E-state index contributed by atoms with van der Waals surface area (Å²) in [6.45, 7) is 0.117. The van der Waals surface area contributed by atoms with Crippen molar-refractivity contribution in [3.05, 3.63) is 65.2 Å². The van der Waals surface area contributed by atoms with Gasteiger partial charge in [0.15, 0.2) is 0 Å². The second-order valence-electron chi connectivity index (χ2n) is 5.85. The highest BCUT2D eigenvalue weighted by atomic mass is 16.5. The molecule has 1 aliphatic rings. The van der Waals surface area contributed by atoms with E-state index in [4.69, 9.17) is 4.74 Å². The molecular weight excluding hydrogens is 274 g/mol. The van der Waals surface area contributed by atoms with Crippen molar-refractivity contribution in [3.8, 4) is 5.75 Å². The largest absolute Gasteiger partial charge is 0.496 e. The minimum absolute atomic E-state index is 0.00152. The lowest BCUT2D eigenvalue weighted by Gasteiger charge is -2.30. The average Bonchev–Trinajstić information content (AvgIpc) is 2.59. The van der Waals surface area contributed by atoms with Crippen LogP contribution in [0.5, 0.6) is 5.75 Å². The maximum absolute atomic E-state index is 9.71. The van der Waals surface area contributed by atoms with Gasteiger partial charge in [-0.1, -0.05) is 42.5 Å². The summed E-state index contributed by atoms with van der Waals surface area (Å²) in [4.78, 5) is 0. The SMILES string of the molecule is COc1cccc2c1CCC(NC(CO)c1ccccc1)C2. The number of hydrogen-bond donors (Lipinski definition) is 2. The van der Waals surface area contributed by atoms with Crippen LogP contribution in [0.3, 0.4) is 0 Å². The van der Waals surface area contributed by atoms with Crippen molar-refractivity contribution in [1.82, 2.24) is 5.32 Å². The van der Waals surface area contributed by atoms with E-state index in [9.17, 15) is 5.11 Å². The standard InChI is InChI=1S/C19H23NO2/c1-22-19-9-5-8-15-12-16(10-11-17(15)19)20-18(13-21)14-6-3-2-4-7-14/h2-9,16,18,20-21H,10-13H2,1H3. The molecule has 0 fully saturated rings. The fraction of sp³-hybridized carbons (Fsp3) is 0.368. The van der Waals surface area contributed by atoms with Crippen molar-refractivity contribution >= 4 is 0 Å². The van der Waals surface area contributed by atoms with Crippen LogP contribution in [0.2, 0.25) is 0 Å². The first-order chi connectivity index (χ1) is 10.8. The fourth-order valence-electron chi connectivity index (χ4n) is 3.33. The van der Waals surface area contributed by atoms with Crippen molar-refractivity contribution in [3.63, 3.8) is 0 Å². The van der Waals surface area contributed by atoms with Crippen LogP contribution in [0.15, 0.2) is 48.5 Å². The van der Waals surface area contributed by atoms with Gasteiger partial charge >= 0.3 is 0 Å². The van der Waals surface area contributed by atoms with Crippen LogP contribution in [0.25, 0.3) is 0 Å². The van der Waals surface area contributed by atoms with Crippen molar-refractivity contribution in [2.45, 2.75) is 31.3 Å². The molecule has 2 N–H and O–H groups in total. The molecule has 2 aromatic rings. The molecule has 3 rings (SSSR count). The number of nitrogens with one attached hydrogen (secondary N) is 1. The van der Waals surface area contributed by atoms with E-state index in [0.29, 0.717) is 6.04 Å². The van der Waals surface area contributed by atoms with Gasteiger partial charge < -0.3 is 15.2 Å². The van der Waals surface area contributed by atoms with Gasteiger partial charge in [-0.3, -0.25) is 0 Å². The van der Waals surface area contributed by atoms with Crippen LogP contribution in [-0.2, 0) is 12.8 Å². The third-order valence-corrected chi connectivity index (χ3v) is 4.48. The van der Waals surface area contributed by atoms with E-state index in [-0.39, 0.29) is 12.6 Å². The molecule has 1 aliphatic carbocycles. The lowest BCUT2D eigenvalue weighted by molar-refractivity contribution is 0.228. The number of ether oxygens (including phenoxy) is 1. The predicted octanol–water partition coefficient (Wildman–Crippen LogP) is 2.88. The zero-order valence-electron chi connectivity index (χ0n) is 13.0. The third kappa shape index (κ3) is 3.16. The summed E-state index contributed by atoms with van der Waals surface area (Å²) in [6.07, 6.45) is 3.07.